The lowest BCUT2D eigenvalue weighted by Crippen LogP contribution is -2.42. The first-order chi connectivity index (χ1) is 8.61. The van der Waals surface area contributed by atoms with Gasteiger partial charge in [0.05, 0.1) is 0 Å². The summed E-state index contributed by atoms with van der Waals surface area (Å²) in [4.78, 5) is 14.3. The van der Waals surface area contributed by atoms with Crippen LogP contribution in [0, 0.1) is 12.7 Å². The largest absolute Gasteiger partial charge is 0.337 e. The first kappa shape index (κ1) is 13.4. The van der Waals surface area contributed by atoms with Crippen molar-refractivity contribution in [1.82, 2.24) is 4.90 Å². The molecule has 1 saturated heterocycles. The predicted octanol–water partition coefficient (Wildman–Crippen LogP) is 3.10. The molecular formula is C14H18FNOS. The van der Waals surface area contributed by atoms with Crippen molar-refractivity contribution < 1.29 is 9.18 Å². The molecule has 1 atom stereocenters. The molecule has 4 heteroatoms. The number of carbonyl (C=O) groups excluding carboxylic acids is 1. The maximum atomic E-state index is 13.0. The van der Waals surface area contributed by atoms with Gasteiger partial charge < -0.3 is 4.90 Å². The molecule has 1 heterocycles. The van der Waals surface area contributed by atoms with E-state index in [0.29, 0.717) is 16.4 Å². The Labute approximate surface area is 112 Å². The number of benzene rings is 1. The van der Waals surface area contributed by atoms with Crippen LogP contribution in [-0.4, -0.2) is 34.9 Å². The van der Waals surface area contributed by atoms with Crippen LogP contribution in [0.2, 0.25) is 0 Å². The van der Waals surface area contributed by atoms with Crippen LogP contribution in [0.5, 0.6) is 0 Å². The van der Waals surface area contributed by atoms with E-state index in [4.69, 9.17) is 0 Å². The molecule has 18 heavy (non-hydrogen) atoms. The third-order valence-corrected chi connectivity index (χ3v) is 4.67. The molecule has 2 nitrogen and oxygen atoms in total. The van der Waals surface area contributed by atoms with Crippen LogP contribution in [0.15, 0.2) is 18.2 Å². The molecule has 1 aromatic rings. The minimum atomic E-state index is -0.287. The summed E-state index contributed by atoms with van der Waals surface area (Å²) in [5.41, 5.74) is 1.34. The fourth-order valence-electron chi connectivity index (χ4n) is 2.19. The van der Waals surface area contributed by atoms with Crippen LogP contribution in [0.4, 0.5) is 4.39 Å². The fourth-order valence-corrected chi connectivity index (χ4v) is 3.37. The number of hydrogen-bond donors (Lipinski definition) is 0. The second-order valence-electron chi connectivity index (χ2n) is 4.61. The second kappa shape index (κ2) is 5.74. The summed E-state index contributed by atoms with van der Waals surface area (Å²) >= 11 is 1.93. The maximum Gasteiger partial charge on any atom is 0.254 e. The first-order valence-corrected chi connectivity index (χ1v) is 7.33. The van der Waals surface area contributed by atoms with Crippen molar-refractivity contribution in [3.63, 3.8) is 0 Å². The van der Waals surface area contributed by atoms with Crippen LogP contribution in [0.3, 0.4) is 0 Å². The van der Waals surface area contributed by atoms with E-state index in [1.807, 2.05) is 16.7 Å². The number of aryl methyl sites for hydroxylation is 1. The van der Waals surface area contributed by atoms with Crippen molar-refractivity contribution in [3.8, 4) is 0 Å². The molecule has 0 N–H and O–H groups in total. The average Bonchev–Trinajstić information content (AvgIpc) is 2.38. The van der Waals surface area contributed by atoms with Gasteiger partial charge in [-0.15, -0.1) is 0 Å². The van der Waals surface area contributed by atoms with E-state index in [0.717, 1.165) is 25.3 Å². The van der Waals surface area contributed by atoms with E-state index in [1.54, 1.807) is 13.0 Å². The molecule has 1 aromatic carbocycles. The van der Waals surface area contributed by atoms with Crippen LogP contribution < -0.4 is 0 Å². The zero-order valence-electron chi connectivity index (χ0n) is 10.8. The van der Waals surface area contributed by atoms with Gasteiger partial charge in [0, 0.05) is 29.7 Å². The van der Waals surface area contributed by atoms with Gasteiger partial charge in [-0.2, -0.15) is 11.8 Å². The molecule has 1 aliphatic rings. The Morgan fingerprint density at radius 3 is 3.00 bits per heavy atom. The summed E-state index contributed by atoms with van der Waals surface area (Å²) in [6.07, 6.45) is 1.08. The molecule has 0 radical (unpaired) electrons. The topological polar surface area (TPSA) is 20.3 Å². The van der Waals surface area contributed by atoms with Crippen molar-refractivity contribution in [3.05, 3.63) is 35.1 Å². The van der Waals surface area contributed by atoms with E-state index >= 15 is 0 Å². The molecular weight excluding hydrogens is 249 g/mol. The third-order valence-electron chi connectivity index (χ3n) is 3.30. The van der Waals surface area contributed by atoms with Gasteiger partial charge >= 0.3 is 0 Å². The molecule has 1 aliphatic heterocycles. The van der Waals surface area contributed by atoms with Gasteiger partial charge in [-0.1, -0.05) is 6.92 Å². The lowest BCUT2D eigenvalue weighted by molar-refractivity contribution is 0.0760. The zero-order valence-corrected chi connectivity index (χ0v) is 11.6. The summed E-state index contributed by atoms with van der Waals surface area (Å²) in [6.45, 7) is 5.52. The van der Waals surface area contributed by atoms with E-state index in [-0.39, 0.29) is 11.7 Å². The number of hydrogen-bond acceptors (Lipinski definition) is 2. The highest BCUT2D eigenvalue weighted by molar-refractivity contribution is 8.00. The number of nitrogens with zero attached hydrogens (tertiary/aromatic N) is 1. The van der Waals surface area contributed by atoms with Crippen LogP contribution in [0.1, 0.15) is 29.3 Å². The van der Waals surface area contributed by atoms with Gasteiger partial charge in [0.25, 0.3) is 5.91 Å². The molecule has 1 unspecified atom stereocenters. The molecule has 98 valence electrons. The predicted molar refractivity (Wildman–Crippen MR) is 73.6 cm³/mol. The second-order valence-corrected chi connectivity index (χ2v) is 6.02. The number of thioether (sulfide) groups is 1. The van der Waals surface area contributed by atoms with Gasteiger partial charge in [-0.3, -0.25) is 4.79 Å². The lowest BCUT2D eigenvalue weighted by atomic mass is 10.1. The highest BCUT2D eigenvalue weighted by Gasteiger charge is 2.24. The van der Waals surface area contributed by atoms with Crippen molar-refractivity contribution in [2.75, 3.05) is 18.8 Å². The normalized spacial score (nSPS) is 19.9. The van der Waals surface area contributed by atoms with Crippen LogP contribution >= 0.6 is 11.8 Å². The summed E-state index contributed by atoms with van der Waals surface area (Å²) in [7, 11) is 0. The Kier molecular flexibility index (Phi) is 4.27. The molecule has 1 amide bonds. The molecule has 2 rings (SSSR count). The summed E-state index contributed by atoms with van der Waals surface area (Å²) in [6, 6.07) is 4.37. The van der Waals surface area contributed by atoms with E-state index in [9.17, 15) is 9.18 Å². The van der Waals surface area contributed by atoms with Crippen molar-refractivity contribution >= 4 is 17.7 Å². The number of amides is 1. The molecule has 0 aromatic heterocycles. The first-order valence-electron chi connectivity index (χ1n) is 6.29. The Hall–Kier alpha value is -1.03. The minimum absolute atomic E-state index is 0.0336. The Morgan fingerprint density at radius 1 is 1.56 bits per heavy atom. The molecule has 1 fully saturated rings. The highest BCUT2D eigenvalue weighted by Crippen LogP contribution is 2.23. The van der Waals surface area contributed by atoms with Crippen molar-refractivity contribution in [1.29, 1.82) is 0 Å². The molecule has 0 aliphatic carbocycles. The average molecular weight is 267 g/mol. The van der Waals surface area contributed by atoms with Crippen LogP contribution in [-0.2, 0) is 0 Å². The number of carbonyl (C=O) groups is 1. The Bertz CT molecular complexity index is 449. The van der Waals surface area contributed by atoms with Crippen LogP contribution in [0.25, 0.3) is 0 Å². The highest BCUT2D eigenvalue weighted by atomic mass is 32.2. The van der Waals surface area contributed by atoms with E-state index in [1.165, 1.54) is 12.1 Å². The number of rotatable bonds is 2. The van der Waals surface area contributed by atoms with Gasteiger partial charge in [-0.25, -0.2) is 4.39 Å². The Morgan fingerprint density at radius 2 is 2.33 bits per heavy atom. The lowest BCUT2D eigenvalue weighted by Gasteiger charge is -2.32. The molecule has 0 spiro atoms. The maximum absolute atomic E-state index is 13.0. The van der Waals surface area contributed by atoms with Crippen molar-refractivity contribution in [2.45, 2.75) is 25.5 Å². The zero-order chi connectivity index (χ0) is 13.1. The van der Waals surface area contributed by atoms with Gasteiger partial charge in [0.2, 0.25) is 0 Å². The SMILES string of the molecule is CCC1CN(C(=O)c2ccc(F)cc2C)CCS1. The summed E-state index contributed by atoms with van der Waals surface area (Å²) < 4.78 is 13.0. The summed E-state index contributed by atoms with van der Waals surface area (Å²) in [5, 5.41) is 0.531. The number of halogens is 1. The standard InChI is InChI=1S/C14H18FNOS/c1-3-12-9-16(6-7-18-12)14(17)13-5-4-11(15)8-10(13)2/h4-5,8,12H,3,6-7,9H2,1-2H3. The smallest absolute Gasteiger partial charge is 0.254 e. The van der Waals surface area contributed by atoms with Crippen molar-refractivity contribution in [2.24, 2.45) is 0 Å². The quantitative estimate of drug-likeness (QED) is 0.820. The summed E-state index contributed by atoms with van der Waals surface area (Å²) in [5.74, 6) is 0.737. The third kappa shape index (κ3) is 2.86. The van der Waals surface area contributed by atoms with E-state index < -0.39 is 0 Å². The molecule has 0 bridgehead atoms. The van der Waals surface area contributed by atoms with Gasteiger partial charge in [-0.05, 0) is 37.1 Å². The van der Waals surface area contributed by atoms with Gasteiger partial charge in [0.1, 0.15) is 5.82 Å². The van der Waals surface area contributed by atoms with E-state index in [2.05, 4.69) is 6.92 Å². The molecule has 0 saturated carbocycles. The minimum Gasteiger partial charge on any atom is -0.337 e. The van der Waals surface area contributed by atoms with Gasteiger partial charge in [0.15, 0.2) is 0 Å². The Balaban J connectivity index is 2.15. The monoisotopic (exact) mass is 267 g/mol. The fraction of sp³-hybridized carbons (Fsp3) is 0.500.